The molecule has 0 N–H and O–H groups in total. The molecule has 5 rings (SSSR count). The first-order chi connectivity index (χ1) is 12.0. The summed E-state index contributed by atoms with van der Waals surface area (Å²) in [5, 5.41) is 0. The maximum atomic E-state index is 2.48. The minimum Gasteiger partial charge on any atom is -1.00 e. The van der Waals surface area contributed by atoms with Crippen molar-refractivity contribution in [1.29, 1.82) is 0 Å². The average Bonchev–Trinajstić information content (AvgIpc) is 2.99. The van der Waals surface area contributed by atoms with Crippen LogP contribution in [-0.4, -0.2) is 0 Å². The van der Waals surface area contributed by atoms with Gasteiger partial charge in [-0.05, 0) is 36.7 Å². The van der Waals surface area contributed by atoms with Crippen LogP contribution in [0.3, 0.4) is 0 Å². The summed E-state index contributed by atoms with van der Waals surface area (Å²) in [7, 11) is 0. The van der Waals surface area contributed by atoms with E-state index in [0.717, 1.165) is 24.2 Å². The molecule has 0 aliphatic heterocycles. The van der Waals surface area contributed by atoms with Gasteiger partial charge in [0.2, 0.25) is 0 Å². The molecule has 4 aliphatic carbocycles. The van der Waals surface area contributed by atoms with Crippen LogP contribution >= 0.6 is 0 Å². The van der Waals surface area contributed by atoms with Crippen molar-refractivity contribution in [1.82, 2.24) is 0 Å². The molecule has 147 valence electrons. The Labute approximate surface area is 202 Å². The van der Waals surface area contributed by atoms with E-state index in [1.54, 1.807) is 28.2 Å². The molecule has 3 atom stereocenters. The Balaban J connectivity index is 0.000000934. The molecule has 1 saturated carbocycles. The standard InChI is InChI=1S/C25H29.2ClH.Zr/c1-15-13-21-19-11-7-8-12-20(19)24-18-10-6-5-9-17(18)14-22(24)23(21)16(2)25(15,3)4;;;/h5-6,8-10,12,15,19,21H,7,11,13-14H2,1-4H3;2*1H;/q-1;;;+3/p-2. The maximum Gasteiger partial charge on any atom is 3.00 e. The average molecular weight is 492 g/mol. The Bertz CT molecular complexity index is 846. The summed E-state index contributed by atoms with van der Waals surface area (Å²) in [6.45, 7) is 9.86. The number of hydrogen-bond acceptors (Lipinski definition) is 0. The summed E-state index contributed by atoms with van der Waals surface area (Å²) >= 11 is 0. The Kier molecular flexibility index (Phi) is 7.29. The molecule has 0 nitrogen and oxygen atoms in total. The minimum absolute atomic E-state index is 0. The van der Waals surface area contributed by atoms with Gasteiger partial charge < -0.3 is 24.8 Å². The van der Waals surface area contributed by atoms with Crippen molar-refractivity contribution in [2.45, 2.75) is 53.4 Å². The third kappa shape index (κ3) is 3.25. The quantitative estimate of drug-likeness (QED) is 0.466. The van der Waals surface area contributed by atoms with Gasteiger partial charge in [-0.2, -0.15) is 5.57 Å². The van der Waals surface area contributed by atoms with Gasteiger partial charge in [0.15, 0.2) is 0 Å². The second-order valence-electron chi connectivity index (χ2n) is 9.23. The van der Waals surface area contributed by atoms with Crippen LogP contribution in [-0.2, 0) is 32.6 Å². The van der Waals surface area contributed by atoms with Gasteiger partial charge in [0.1, 0.15) is 0 Å². The molecule has 3 heteroatoms. The van der Waals surface area contributed by atoms with E-state index < -0.39 is 0 Å². The number of halogens is 2. The van der Waals surface area contributed by atoms with E-state index in [4.69, 9.17) is 0 Å². The SMILES string of the molecule is C[C-]1C2=C3Cc4ccccc4C3=C3C=CCCC3C2CC(C)C1(C)C.[Cl-].[Cl-].[Zr+3]. The van der Waals surface area contributed by atoms with E-state index in [9.17, 15) is 0 Å². The Morgan fingerprint density at radius 3 is 2.54 bits per heavy atom. The van der Waals surface area contributed by atoms with E-state index in [2.05, 4.69) is 64.1 Å². The van der Waals surface area contributed by atoms with Gasteiger partial charge in [-0.3, -0.25) is 0 Å². The van der Waals surface area contributed by atoms with Crippen LogP contribution in [0.25, 0.3) is 5.57 Å². The second kappa shape index (κ2) is 8.49. The molecular formula is C25H29Cl2Zr. The Morgan fingerprint density at radius 2 is 1.79 bits per heavy atom. The third-order valence-electron chi connectivity index (χ3n) is 7.98. The monoisotopic (exact) mass is 489 g/mol. The molecule has 1 radical (unpaired) electrons. The van der Waals surface area contributed by atoms with Crippen molar-refractivity contribution in [3.8, 4) is 0 Å². The van der Waals surface area contributed by atoms with E-state index >= 15 is 0 Å². The number of benzene rings is 1. The van der Waals surface area contributed by atoms with Crippen molar-refractivity contribution in [3.63, 3.8) is 0 Å². The molecule has 3 unspecified atom stereocenters. The van der Waals surface area contributed by atoms with Crippen LogP contribution in [0.2, 0.25) is 0 Å². The van der Waals surface area contributed by atoms with Crippen molar-refractivity contribution < 1.29 is 51.0 Å². The van der Waals surface area contributed by atoms with E-state index in [-0.39, 0.29) is 51.0 Å². The van der Waals surface area contributed by atoms with Gasteiger partial charge in [-0.1, -0.05) is 91.7 Å². The number of fused-ring (bicyclic) bond motifs is 6. The summed E-state index contributed by atoms with van der Waals surface area (Å²) in [6, 6.07) is 9.13. The predicted octanol–water partition coefficient (Wildman–Crippen LogP) is 0.555. The maximum absolute atomic E-state index is 2.48. The predicted molar refractivity (Wildman–Crippen MR) is 106 cm³/mol. The molecule has 0 aromatic heterocycles. The van der Waals surface area contributed by atoms with Gasteiger partial charge in [-0.25, -0.2) is 11.5 Å². The molecule has 0 bridgehead atoms. The van der Waals surface area contributed by atoms with Gasteiger partial charge in [0, 0.05) is 0 Å². The number of hydrogen-bond donors (Lipinski definition) is 0. The van der Waals surface area contributed by atoms with Crippen LogP contribution in [0.1, 0.15) is 58.1 Å². The molecule has 1 aromatic carbocycles. The van der Waals surface area contributed by atoms with Crippen LogP contribution in [0.4, 0.5) is 0 Å². The normalized spacial score (nSPS) is 28.9. The fourth-order valence-electron chi connectivity index (χ4n) is 5.97. The Hall–Kier alpha value is -0.227. The summed E-state index contributed by atoms with van der Waals surface area (Å²) < 4.78 is 0. The van der Waals surface area contributed by atoms with Crippen molar-refractivity contribution in [2.24, 2.45) is 23.2 Å². The van der Waals surface area contributed by atoms with E-state index in [0.29, 0.717) is 5.41 Å². The molecule has 0 saturated heterocycles. The summed E-state index contributed by atoms with van der Waals surface area (Å²) in [6.07, 6.45) is 9.97. The summed E-state index contributed by atoms with van der Waals surface area (Å²) in [5.41, 5.74) is 10.0. The zero-order chi connectivity index (χ0) is 17.3. The summed E-state index contributed by atoms with van der Waals surface area (Å²) in [4.78, 5) is 0. The number of rotatable bonds is 0. The van der Waals surface area contributed by atoms with Gasteiger partial charge in [-0.15, -0.1) is 6.92 Å². The van der Waals surface area contributed by atoms with E-state index in [1.165, 1.54) is 30.4 Å². The molecule has 0 heterocycles. The van der Waals surface area contributed by atoms with Gasteiger partial charge in [0.25, 0.3) is 0 Å². The van der Waals surface area contributed by atoms with Gasteiger partial charge >= 0.3 is 26.2 Å². The van der Waals surface area contributed by atoms with E-state index in [1.807, 2.05) is 0 Å². The van der Waals surface area contributed by atoms with Crippen molar-refractivity contribution >= 4 is 5.57 Å². The molecule has 1 fully saturated rings. The third-order valence-corrected chi connectivity index (χ3v) is 7.98. The molecule has 1 aromatic rings. The topological polar surface area (TPSA) is 0 Å². The van der Waals surface area contributed by atoms with Gasteiger partial charge in [0.05, 0.1) is 0 Å². The van der Waals surface area contributed by atoms with Crippen molar-refractivity contribution in [3.05, 3.63) is 70.2 Å². The minimum atomic E-state index is 0. The van der Waals surface area contributed by atoms with Crippen LogP contribution < -0.4 is 24.8 Å². The van der Waals surface area contributed by atoms with Crippen molar-refractivity contribution in [2.75, 3.05) is 0 Å². The largest absolute Gasteiger partial charge is 3.00 e. The zero-order valence-corrected chi connectivity index (χ0v) is 21.3. The fourth-order valence-corrected chi connectivity index (χ4v) is 5.97. The van der Waals surface area contributed by atoms with Crippen LogP contribution in [0, 0.1) is 29.1 Å². The molecule has 0 amide bonds. The first kappa shape index (κ1) is 24.0. The number of allylic oxidation sites excluding steroid dienone is 6. The molecular weight excluding hydrogens is 462 g/mol. The zero-order valence-electron chi connectivity index (χ0n) is 17.3. The molecule has 4 aliphatic rings. The second-order valence-corrected chi connectivity index (χ2v) is 9.23. The van der Waals surface area contributed by atoms with Crippen LogP contribution in [0.5, 0.6) is 0 Å². The first-order valence-corrected chi connectivity index (χ1v) is 10.1. The van der Waals surface area contributed by atoms with Crippen LogP contribution in [0.15, 0.2) is 53.1 Å². The first-order valence-electron chi connectivity index (χ1n) is 10.1. The smallest absolute Gasteiger partial charge is 1.00 e. The summed E-state index contributed by atoms with van der Waals surface area (Å²) in [5.74, 6) is 3.92. The Morgan fingerprint density at radius 1 is 1.07 bits per heavy atom. The fraction of sp³-hybridized carbons (Fsp3) is 0.480. The molecule has 28 heavy (non-hydrogen) atoms. The molecule has 0 spiro atoms.